The number of carboxylic acid groups (broad SMARTS) is 2. The molecule has 0 unspecified atom stereocenters. The minimum Gasteiger partial charge on any atom is -0.485 e. The number of hydrogen-bond donors (Lipinski definition) is 2. The van der Waals surface area contributed by atoms with Gasteiger partial charge in [0.2, 0.25) is 0 Å². The predicted molar refractivity (Wildman–Crippen MR) is 80.9 cm³/mol. The van der Waals surface area contributed by atoms with Crippen LogP contribution in [0.5, 0.6) is 5.75 Å². The highest BCUT2D eigenvalue weighted by Gasteiger charge is 2.21. The fourth-order valence-electron chi connectivity index (χ4n) is 2.31. The SMILES string of the molecule is O=C(O)c1cccc(OCc2cc3ccccc3o2)c1C(=O)O. The fourth-order valence-corrected chi connectivity index (χ4v) is 2.31. The third-order valence-corrected chi connectivity index (χ3v) is 3.32. The minimum atomic E-state index is -1.36. The highest BCUT2D eigenvalue weighted by atomic mass is 16.5. The second-order valence-corrected chi connectivity index (χ2v) is 4.83. The maximum atomic E-state index is 11.3. The molecule has 1 aromatic heterocycles. The van der Waals surface area contributed by atoms with Gasteiger partial charge in [-0.05, 0) is 24.3 Å². The van der Waals surface area contributed by atoms with Crippen LogP contribution < -0.4 is 4.74 Å². The molecule has 0 atom stereocenters. The molecule has 0 saturated heterocycles. The van der Waals surface area contributed by atoms with E-state index in [1.807, 2.05) is 24.3 Å². The molecule has 0 fully saturated rings. The molecule has 2 aromatic carbocycles. The Morgan fingerprint density at radius 3 is 2.48 bits per heavy atom. The second kappa shape index (κ2) is 5.84. The Labute approximate surface area is 130 Å². The molecule has 0 aliphatic heterocycles. The van der Waals surface area contributed by atoms with E-state index in [1.54, 1.807) is 6.07 Å². The number of fused-ring (bicyclic) bond motifs is 1. The molecule has 0 saturated carbocycles. The molecule has 0 bridgehead atoms. The number of para-hydroxylation sites is 1. The third-order valence-electron chi connectivity index (χ3n) is 3.32. The van der Waals surface area contributed by atoms with Crippen LogP contribution in [0.4, 0.5) is 0 Å². The lowest BCUT2D eigenvalue weighted by molar-refractivity contribution is 0.0646. The van der Waals surface area contributed by atoms with Gasteiger partial charge >= 0.3 is 11.9 Å². The normalized spacial score (nSPS) is 10.6. The molecular formula is C17H12O6. The van der Waals surface area contributed by atoms with Gasteiger partial charge in [-0.3, -0.25) is 0 Å². The summed E-state index contributed by atoms with van der Waals surface area (Å²) >= 11 is 0. The average Bonchev–Trinajstić information content (AvgIpc) is 2.95. The van der Waals surface area contributed by atoms with Crippen LogP contribution in [-0.2, 0) is 6.61 Å². The molecule has 116 valence electrons. The summed E-state index contributed by atoms with van der Waals surface area (Å²) in [4.78, 5) is 22.5. The van der Waals surface area contributed by atoms with E-state index in [2.05, 4.69) is 0 Å². The number of aromatic carboxylic acids is 2. The van der Waals surface area contributed by atoms with Crippen molar-refractivity contribution in [1.29, 1.82) is 0 Å². The van der Waals surface area contributed by atoms with Gasteiger partial charge in [-0.1, -0.05) is 24.3 Å². The van der Waals surface area contributed by atoms with Crippen molar-refractivity contribution in [3.05, 3.63) is 65.4 Å². The molecule has 0 aliphatic rings. The zero-order valence-electron chi connectivity index (χ0n) is 11.9. The monoisotopic (exact) mass is 312 g/mol. The minimum absolute atomic E-state index is 0.00195. The molecule has 3 rings (SSSR count). The van der Waals surface area contributed by atoms with Gasteiger partial charge in [-0.2, -0.15) is 0 Å². The summed E-state index contributed by atoms with van der Waals surface area (Å²) < 4.78 is 11.0. The quantitative estimate of drug-likeness (QED) is 0.749. The molecule has 6 heteroatoms. The zero-order chi connectivity index (χ0) is 16.4. The highest BCUT2D eigenvalue weighted by Crippen LogP contribution is 2.25. The van der Waals surface area contributed by atoms with E-state index in [0.29, 0.717) is 11.3 Å². The number of benzene rings is 2. The van der Waals surface area contributed by atoms with Crippen molar-refractivity contribution in [3.8, 4) is 5.75 Å². The van der Waals surface area contributed by atoms with E-state index < -0.39 is 11.9 Å². The maximum absolute atomic E-state index is 11.3. The number of rotatable bonds is 5. The lowest BCUT2D eigenvalue weighted by Crippen LogP contribution is -2.10. The zero-order valence-corrected chi connectivity index (χ0v) is 11.9. The third kappa shape index (κ3) is 2.87. The summed E-state index contributed by atoms with van der Waals surface area (Å²) in [6.07, 6.45) is 0. The summed E-state index contributed by atoms with van der Waals surface area (Å²) in [5.41, 5.74) is -0.000406. The lowest BCUT2D eigenvalue weighted by atomic mass is 10.1. The smallest absolute Gasteiger partial charge is 0.340 e. The number of furan rings is 1. The Morgan fingerprint density at radius 2 is 1.78 bits per heavy atom. The summed E-state index contributed by atoms with van der Waals surface area (Å²) in [7, 11) is 0. The molecule has 6 nitrogen and oxygen atoms in total. The summed E-state index contributed by atoms with van der Waals surface area (Å²) in [6, 6.07) is 13.3. The van der Waals surface area contributed by atoms with Gasteiger partial charge < -0.3 is 19.4 Å². The van der Waals surface area contributed by atoms with Crippen molar-refractivity contribution < 1.29 is 29.0 Å². The number of ether oxygens (including phenoxy) is 1. The maximum Gasteiger partial charge on any atom is 0.340 e. The van der Waals surface area contributed by atoms with E-state index in [4.69, 9.17) is 14.3 Å². The van der Waals surface area contributed by atoms with Crippen LogP contribution in [0.2, 0.25) is 0 Å². The van der Waals surface area contributed by atoms with Crippen molar-refractivity contribution in [2.45, 2.75) is 6.61 Å². The molecule has 0 spiro atoms. The van der Waals surface area contributed by atoms with Crippen molar-refractivity contribution in [1.82, 2.24) is 0 Å². The van der Waals surface area contributed by atoms with Crippen LogP contribution in [0.1, 0.15) is 26.5 Å². The van der Waals surface area contributed by atoms with Crippen LogP contribution in [0.15, 0.2) is 52.9 Å². The van der Waals surface area contributed by atoms with E-state index in [-0.39, 0.29) is 23.5 Å². The molecular weight excluding hydrogens is 300 g/mol. The Morgan fingerprint density at radius 1 is 1.00 bits per heavy atom. The molecule has 3 aromatic rings. The Kier molecular flexibility index (Phi) is 3.72. The summed E-state index contributed by atoms with van der Waals surface area (Å²) in [6.45, 7) is -0.00195. The first-order chi connectivity index (χ1) is 11.1. The first-order valence-electron chi connectivity index (χ1n) is 6.76. The van der Waals surface area contributed by atoms with Gasteiger partial charge in [0.1, 0.15) is 29.3 Å². The van der Waals surface area contributed by atoms with Crippen LogP contribution in [0.3, 0.4) is 0 Å². The topological polar surface area (TPSA) is 97.0 Å². The van der Waals surface area contributed by atoms with Crippen LogP contribution in [0, 0.1) is 0 Å². The number of carbonyl (C=O) groups is 2. The molecule has 0 radical (unpaired) electrons. The first kappa shape index (κ1) is 14.6. The summed E-state index contributed by atoms with van der Waals surface area (Å²) in [5.74, 6) is -2.18. The van der Waals surface area contributed by atoms with E-state index in [9.17, 15) is 14.7 Å². The van der Waals surface area contributed by atoms with Gasteiger partial charge in [0.25, 0.3) is 0 Å². The summed E-state index contributed by atoms with van der Waals surface area (Å²) in [5, 5.41) is 19.2. The van der Waals surface area contributed by atoms with Gasteiger partial charge in [0.05, 0.1) is 5.56 Å². The molecule has 1 heterocycles. The van der Waals surface area contributed by atoms with E-state index in [1.165, 1.54) is 18.2 Å². The van der Waals surface area contributed by atoms with Gasteiger partial charge in [-0.25, -0.2) is 9.59 Å². The highest BCUT2D eigenvalue weighted by molar-refractivity contribution is 6.03. The molecule has 0 aliphatic carbocycles. The Balaban J connectivity index is 1.89. The van der Waals surface area contributed by atoms with Crippen LogP contribution in [-0.4, -0.2) is 22.2 Å². The number of hydrogen-bond acceptors (Lipinski definition) is 4. The van der Waals surface area contributed by atoms with Crippen molar-refractivity contribution in [2.75, 3.05) is 0 Å². The van der Waals surface area contributed by atoms with Crippen molar-refractivity contribution >= 4 is 22.9 Å². The van der Waals surface area contributed by atoms with Gasteiger partial charge in [0, 0.05) is 5.39 Å². The predicted octanol–water partition coefficient (Wildman–Crippen LogP) is 3.41. The van der Waals surface area contributed by atoms with E-state index in [0.717, 1.165) is 5.39 Å². The van der Waals surface area contributed by atoms with Crippen LogP contribution >= 0.6 is 0 Å². The number of carboxylic acids is 2. The van der Waals surface area contributed by atoms with Crippen LogP contribution in [0.25, 0.3) is 11.0 Å². The Hall–Kier alpha value is -3.28. The van der Waals surface area contributed by atoms with Gasteiger partial charge in [0.15, 0.2) is 0 Å². The van der Waals surface area contributed by atoms with Crippen molar-refractivity contribution in [2.24, 2.45) is 0 Å². The molecule has 0 amide bonds. The average molecular weight is 312 g/mol. The molecule has 2 N–H and O–H groups in total. The van der Waals surface area contributed by atoms with Gasteiger partial charge in [-0.15, -0.1) is 0 Å². The largest absolute Gasteiger partial charge is 0.485 e. The lowest BCUT2D eigenvalue weighted by Gasteiger charge is -2.09. The first-order valence-corrected chi connectivity index (χ1v) is 6.76. The Bertz CT molecular complexity index is 860. The molecule has 23 heavy (non-hydrogen) atoms. The second-order valence-electron chi connectivity index (χ2n) is 4.83. The van der Waals surface area contributed by atoms with E-state index >= 15 is 0 Å². The fraction of sp³-hybridized carbons (Fsp3) is 0.0588. The van der Waals surface area contributed by atoms with Crippen molar-refractivity contribution in [3.63, 3.8) is 0 Å². The standard InChI is InChI=1S/C17H12O6/c18-16(19)12-5-3-7-14(15(12)17(20)21)22-9-11-8-10-4-1-2-6-13(10)23-11/h1-8H,9H2,(H,18,19)(H,20,21).